The Bertz CT molecular complexity index is 3850. The monoisotopic (exact) mass is 1300 g/mol. The van der Waals surface area contributed by atoms with Crippen molar-refractivity contribution in [2.24, 2.45) is 25.9 Å². The normalized spacial score (nSPS) is 14.2. The van der Waals surface area contributed by atoms with Crippen LogP contribution in [0, 0.1) is 11.8 Å². The highest BCUT2D eigenvalue weighted by atomic mass is 19.4. The Hall–Kier alpha value is -8.86. The summed E-state index contributed by atoms with van der Waals surface area (Å²) in [6.45, 7) is 5.73. The SMILES string of the molecule is CCN(CC1CCCC1)c1nc2cc(C(=O)N(C)C)ccc2cc1CN(Cc1cc(C(F)(F)F)cc(C(F)(F)F)c1)c1nnn(C)n1.CCN(CC1CCCC1)c1nc2cc(C(=O)O)ccc2cc1CN(Cc1cc(C(F)(F)F)cc(C(F)(F)F)c1)c1nnn(C)n1. The second-order valence-electron chi connectivity index (χ2n) is 23.3. The summed E-state index contributed by atoms with van der Waals surface area (Å²) < 4.78 is 164. The molecule has 0 aliphatic heterocycles. The first-order valence-electron chi connectivity index (χ1n) is 29.7. The van der Waals surface area contributed by atoms with E-state index in [1.165, 1.54) is 40.9 Å². The second-order valence-corrected chi connectivity index (χ2v) is 23.3. The van der Waals surface area contributed by atoms with E-state index in [1.54, 1.807) is 44.4 Å². The highest BCUT2D eigenvalue weighted by Crippen LogP contribution is 2.40. The van der Waals surface area contributed by atoms with Gasteiger partial charge in [0.2, 0.25) is 0 Å². The molecule has 92 heavy (non-hydrogen) atoms. The third kappa shape index (κ3) is 16.6. The number of carboxylic acid groups (broad SMARTS) is 1. The number of halogens is 12. The number of nitrogens with zero attached hydrogens (tertiary/aromatic N) is 15. The number of rotatable bonds is 20. The number of tetrazole rings is 2. The fourth-order valence-electron chi connectivity index (χ4n) is 11.7. The number of alkyl halides is 12. The lowest BCUT2D eigenvalue weighted by Gasteiger charge is -2.30. The Labute approximate surface area is 520 Å². The molecule has 1 N–H and O–H groups in total. The summed E-state index contributed by atoms with van der Waals surface area (Å²) in [6.07, 6.45) is -11.2. The number of aromatic nitrogens is 10. The summed E-state index contributed by atoms with van der Waals surface area (Å²) in [5, 5.41) is 35.0. The summed E-state index contributed by atoms with van der Waals surface area (Å²) in [7, 11) is 6.32. The molecule has 492 valence electrons. The number of amides is 1. The van der Waals surface area contributed by atoms with E-state index in [2.05, 4.69) is 40.6 Å². The third-order valence-electron chi connectivity index (χ3n) is 16.2. The smallest absolute Gasteiger partial charge is 0.416 e. The standard InChI is InChI=1S/C32H36F6N8O.C30H31F6N7O2/c1-5-45(17-20-8-6-7-9-20)28-24(14-22-10-11-23(15-27(22)39-28)29(47)43(2)3)19-46(30-40-42-44(4)41-30)18-21-12-25(31(33,34)35)16-26(13-21)32(36,37)38;1-3-42(15-18-6-4-5-7-18)26-22(12-20-8-9-21(27(44)45)13-25(20)37-26)17-43(28-38-40-41(2)39-28)16-19-10-23(29(31,32)33)14-24(11-19)30(34,35)36/h10-16,20H,5-9,17-19H2,1-4H3;8-14,18H,3-7,15-17H2,1-2H3,(H,44,45). The van der Waals surface area contributed by atoms with Crippen LogP contribution in [0.15, 0.2) is 84.9 Å². The molecule has 0 saturated heterocycles. The van der Waals surface area contributed by atoms with Gasteiger partial charge in [0.1, 0.15) is 11.6 Å². The molecule has 0 unspecified atom stereocenters. The molecule has 8 aromatic rings. The molecular formula is C62H67F12N15O3. The number of pyridine rings is 2. The Morgan fingerprint density at radius 1 is 0.500 bits per heavy atom. The molecular weight excluding hydrogens is 1230 g/mol. The predicted octanol–water partition coefficient (Wildman–Crippen LogP) is 13.4. The van der Waals surface area contributed by atoms with Gasteiger partial charge in [0.15, 0.2) is 0 Å². The summed E-state index contributed by atoms with van der Waals surface area (Å²) >= 11 is 0. The molecule has 0 radical (unpaired) electrons. The number of carbonyl (C=O) groups excluding carboxylic acids is 1. The Kier molecular flexibility index (Phi) is 20.2. The van der Waals surface area contributed by atoms with Crippen LogP contribution in [0.5, 0.6) is 0 Å². The number of aryl methyl sites for hydroxylation is 2. The van der Waals surface area contributed by atoms with Crippen LogP contribution in [-0.4, -0.2) is 113 Å². The maximum atomic E-state index is 13.7. The van der Waals surface area contributed by atoms with Gasteiger partial charge in [-0.25, -0.2) is 14.8 Å². The lowest BCUT2D eigenvalue weighted by Crippen LogP contribution is -2.32. The van der Waals surface area contributed by atoms with Crippen LogP contribution in [0.4, 0.5) is 76.2 Å². The molecule has 2 aliphatic rings. The summed E-state index contributed by atoms with van der Waals surface area (Å²) in [5.41, 5.74) is -3.30. The fraction of sp³-hybridized carbons (Fsp3) is 0.452. The average Bonchev–Trinajstić information content (AvgIpc) is 0.971. The van der Waals surface area contributed by atoms with Gasteiger partial charge in [-0.2, -0.15) is 62.3 Å². The third-order valence-corrected chi connectivity index (χ3v) is 16.2. The lowest BCUT2D eigenvalue weighted by molar-refractivity contribution is -0.144. The lowest BCUT2D eigenvalue weighted by atomic mass is 10.0. The molecule has 2 aliphatic carbocycles. The number of carbonyl (C=O) groups is 2. The van der Waals surface area contributed by atoms with E-state index in [0.717, 1.165) is 67.5 Å². The number of hydrogen-bond donors (Lipinski definition) is 1. The van der Waals surface area contributed by atoms with E-state index in [0.29, 0.717) is 106 Å². The van der Waals surface area contributed by atoms with Crippen LogP contribution in [-0.2, 0) is 65.0 Å². The zero-order valence-corrected chi connectivity index (χ0v) is 51.1. The minimum atomic E-state index is -5.00. The van der Waals surface area contributed by atoms with Crippen molar-refractivity contribution in [2.75, 3.05) is 59.9 Å². The van der Waals surface area contributed by atoms with Crippen molar-refractivity contribution >= 4 is 57.2 Å². The van der Waals surface area contributed by atoms with Crippen LogP contribution >= 0.6 is 0 Å². The molecule has 0 atom stereocenters. The highest BCUT2D eigenvalue weighted by molar-refractivity contribution is 5.98. The van der Waals surface area contributed by atoms with E-state index in [4.69, 9.17) is 9.97 Å². The van der Waals surface area contributed by atoms with E-state index in [-0.39, 0.29) is 66.3 Å². The van der Waals surface area contributed by atoms with Crippen molar-refractivity contribution in [1.29, 1.82) is 0 Å². The van der Waals surface area contributed by atoms with Crippen molar-refractivity contribution in [3.63, 3.8) is 0 Å². The Balaban J connectivity index is 0.000000218. The quantitative estimate of drug-likeness (QED) is 0.0711. The molecule has 4 aromatic carbocycles. The first kappa shape index (κ1) is 67.5. The summed E-state index contributed by atoms with van der Waals surface area (Å²) in [4.78, 5) is 45.2. The van der Waals surface area contributed by atoms with Crippen molar-refractivity contribution < 1.29 is 67.4 Å². The number of aromatic carboxylic acids is 1. The van der Waals surface area contributed by atoms with E-state index >= 15 is 0 Å². The topological polar surface area (TPSA) is 184 Å². The molecule has 0 bridgehead atoms. The average molecular weight is 1300 g/mol. The van der Waals surface area contributed by atoms with Gasteiger partial charge < -0.3 is 29.6 Å². The Morgan fingerprint density at radius 2 is 0.859 bits per heavy atom. The van der Waals surface area contributed by atoms with Crippen molar-refractivity contribution in [3.05, 3.63) is 141 Å². The second kappa shape index (κ2) is 27.5. The molecule has 18 nitrogen and oxygen atoms in total. The van der Waals surface area contributed by atoms with Crippen molar-refractivity contribution in [1.82, 2.24) is 55.3 Å². The molecule has 0 spiro atoms. The summed E-state index contributed by atoms with van der Waals surface area (Å²) in [6, 6.07) is 16.4. The van der Waals surface area contributed by atoms with Crippen LogP contribution < -0.4 is 19.6 Å². The number of hydrogen-bond acceptors (Lipinski definition) is 14. The maximum Gasteiger partial charge on any atom is 0.416 e. The highest BCUT2D eigenvalue weighted by Gasteiger charge is 2.39. The molecule has 4 aromatic heterocycles. The largest absolute Gasteiger partial charge is 0.478 e. The fourth-order valence-corrected chi connectivity index (χ4v) is 11.7. The number of anilines is 4. The molecule has 1 amide bonds. The van der Waals surface area contributed by atoms with Crippen LogP contribution in [0.2, 0.25) is 0 Å². The molecule has 30 heteroatoms. The number of benzene rings is 4. The zero-order valence-electron chi connectivity index (χ0n) is 51.1. The minimum Gasteiger partial charge on any atom is -0.478 e. The minimum absolute atomic E-state index is 0.00110. The van der Waals surface area contributed by atoms with Gasteiger partial charge in [-0.05, 0) is 146 Å². The van der Waals surface area contributed by atoms with Gasteiger partial charge in [0.05, 0.1) is 52.9 Å². The number of carboxylic acids is 1. The van der Waals surface area contributed by atoms with Crippen molar-refractivity contribution in [2.45, 2.75) is 116 Å². The van der Waals surface area contributed by atoms with Gasteiger partial charge >= 0.3 is 30.7 Å². The van der Waals surface area contributed by atoms with Gasteiger partial charge in [-0.15, -0.1) is 10.2 Å². The van der Waals surface area contributed by atoms with E-state index in [1.807, 2.05) is 19.9 Å². The van der Waals surface area contributed by atoms with Crippen LogP contribution in [0.25, 0.3) is 21.8 Å². The zero-order chi connectivity index (χ0) is 66.6. The maximum absolute atomic E-state index is 13.7. The molecule has 2 fully saturated rings. The van der Waals surface area contributed by atoms with E-state index in [9.17, 15) is 67.4 Å². The molecule has 4 heterocycles. The van der Waals surface area contributed by atoms with E-state index < -0.39 is 59.5 Å². The Morgan fingerprint density at radius 3 is 1.17 bits per heavy atom. The summed E-state index contributed by atoms with van der Waals surface area (Å²) in [5.74, 6) is 0.738. The van der Waals surface area contributed by atoms with Gasteiger partial charge in [-0.1, -0.05) is 48.0 Å². The van der Waals surface area contributed by atoms with Gasteiger partial charge in [-0.3, -0.25) is 4.79 Å². The number of fused-ring (bicyclic) bond motifs is 2. The van der Waals surface area contributed by atoms with Gasteiger partial charge in [0, 0.05) is 93.9 Å². The van der Waals surface area contributed by atoms with Crippen LogP contribution in [0.1, 0.15) is 130 Å². The molecule has 10 rings (SSSR count). The first-order valence-corrected chi connectivity index (χ1v) is 29.7. The predicted molar refractivity (Wildman–Crippen MR) is 318 cm³/mol. The molecule has 2 saturated carbocycles. The van der Waals surface area contributed by atoms with Gasteiger partial charge in [0.25, 0.3) is 17.8 Å². The first-order chi connectivity index (χ1) is 43.3. The van der Waals surface area contributed by atoms with Crippen LogP contribution in [0.3, 0.4) is 0 Å². The van der Waals surface area contributed by atoms with Crippen molar-refractivity contribution in [3.8, 4) is 0 Å².